The van der Waals surface area contributed by atoms with Crippen molar-refractivity contribution < 1.29 is 0 Å². The van der Waals surface area contributed by atoms with Gasteiger partial charge in [0.1, 0.15) is 0 Å². The summed E-state index contributed by atoms with van der Waals surface area (Å²) in [5.41, 5.74) is 6.43. The molecule has 0 spiro atoms. The zero-order valence-electron chi connectivity index (χ0n) is 25.7. The molecule has 0 amide bonds. The van der Waals surface area contributed by atoms with Gasteiger partial charge < -0.3 is 0 Å². The Morgan fingerprint density at radius 2 is 0.854 bits per heavy atom. The van der Waals surface area contributed by atoms with Gasteiger partial charge in [-0.05, 0) is 29.3 Å². The normalized spacial score (nSPS) is 17.9. The Labute approximate surface area is 296 Å². The Kier molecular flexibility index (Phi) is 7.91. The van der Waals surface area contributed by atoms with Gasteiger partial charge in [-0.3, -0.25) is 4.99 Å². The van der Waals surface area contributed by atoms with E-state index in [1.54, 1.807) is 0 Å². The lowest BCUT2D eigenvalue weighted by Gasteiger charge is -2.39. The number of hydrogen-bond donors (Lipinski definition) is 0. The van der Waals surface area contributed by atoms with Crippen molar-refractivity contribution in [2.75, 3.05) is 0 Å². The lowest BCUT2D eigenvalue weighted by Crippen LogP contribution is -2.43. The van der Waals surface area contributed by atoms with Crippen molar-refractivity contribution >= 4 is 55.2 Å². The first-order valence-electron chi connectivity index (χ1n) is 15.7. The summed E-state index contributed by atoms with van der Waals surface area (Å²) in [6, 6.07) is 55.6. The highest BCUT2D eigenvalue weighted by atomic mass is 79.9. The Morgan fingerprint density at radius 3 is 1.42 bits per heavy atom. The van der Waals surface area contributed by atoms with Crippen molar-refractivity contribution in [1.29, 1.82) is 0 Å². The van der Waals surface area contributed by atoms with Crippen LogP contribution >= 0.6 is 31.9 Å². The second-order valence-electron chi connectivity index (χ2n) is 11.7. The summed E-state index contributed by atoms with van der Waals surface area (Å²) < 4.78 is 1.73. The maximum atomic E-state index is 5.72. The van der Waals surface area contributed by atoms with Crippen LogP contribution in [0.4, 0.5) is 0 Å². The fourth-order valence-electron chi connectivity index (χ4n) is 6.48. The number of aliphatic imine (C=N–C) groups is 4. The molecule has 0 bridgehead atoms. The van der Waals surface area contributed by atoms with Crippen LogP contribution in [0.1, 0.15) is 27.8 Å². The number of nitrogens with zero attached hydrogens (tertiary/aromatic N) is 4. The fourth-order valence-corrected chi connectivity index (χ4v) is 7.56. The molecule has 6 heteroatoms. The van der Waals surface area contributed by atoms with E-state index >= 15 is 0 Å². The summed E-state index contributed by atoms with van der Waals surface area (Å²) in [5.74, 6) is 0. The van der Waals surface area contributed by atoms with E-state index in [9.17, 15) is 0 Å². The van der Waals surface area contributed by atoms with Gasteiger partial charge in [-0.2, -0.15) is 0 Å². The van der Waals surface area contributed by atoms with Crippen LogP contribution in [0.5, 0.6) is 0 Å². The first kappa shape index (κ1) is 30.3. The molecule has 8 rings (SSSR count). The summed E-state index contributed by atoms with van der Waals surface area (Å²) >= 11 is 7.87. The number of rotatable bonds is 7. The van der Waals surface area contributed by atoms with E-state index < -0.39 is 11.3 Å². The van der Waals surface area contributed by atoms with Gasteiger partial charge in [-0.1, -0.05) is 177 Å². The zero-order chi connectivity index (χ0) is 32.6. The van der Waals surface area contributed by atoms with E-state index in [0.29, 0.717) is 0 Å². The van der Waals surface area contributed by atoms with E-state index in [1.807, 2.05) is 85.1 Å². The van der Waals surface area contributed by atoms with Gasteiger partial charge in [0, 0.05) is 36.8 Å². The highest BCUT2D eigenvalue weighted by molar-refractivity contribution is 9.10. The van der Waals surface area contributed by atoms with Gasteiger partial charge in [0.25, 0.3) is 0 Å². The molecule has 6 aromatic rings. The second-order valence-corrected chi connectivity index (χ2v) is 13.4. The minimum Gasteiger partial charge on any atom is -0.251 e. The fraction of sp³-hybridized carbons (Fsp3) is 0.0476. The van der Waals surface area contributed by atoms with Crippen LogP contribution in [0.15, 0.2) is 193 Å². The Hall–Kier alpha value is -5.04. The Morgan fingerprint density at radius 1 is 0.375 bits per heavy atom. The Bertz CT molecular complexity index is 2190. The molecular weight excluding hydrogens is 720 g/mol. The van der Waals surface area contributed by atoms with Crippen LogP contribution < -0.4 is 0 Å². The lowest BCUT2D eigenvalue weighted by atomic mass is 9.81. The van der Waals surface area contributed by atoms with Crippen LogP contribution in [-0.2, 0) is 11.3 Å². The van der Waals surface area contributed by atoms with Gasteiger partial charge in [0.2, 0.25) is 11.3 Å². The monoisotopic (exact) mass is 746 g/mol. The molecule has 0 aromatic heterocycles. The van der Waals surface area contributed by atoms with Crippen LogP contribution in [-0.4, -0.2) is 23.3 Å². The number of hydrogen-bond acceptors (Lipinski definition) is 4. The quantitative estimate of drug-likeness (QED) is 0.156. The third-order valence-corrected chi connectivity index (χ3v) is 10.2. The largest absolute Gasteiger partial charge is 0.251 e. The topological polar surface area (TPSA) is 49.4 Å². The lowest BCUT2D eigenvalue weighted by molar-refractivity contribution is 0.255. The van der Waals surface area contributed by atoms with Crippen molar-refractivity contribution in [2.24, 2.45) is 20.0 Å². The molecule has 230 valence electrons. The van der Waals surface area contributed by atoms with Crippen molar-refractivity contribution in [2.45, 2.75) is 11.3 Å². The molecule has 1 unspecified atom stereocenters. The first-order chi connectivity index (χ1) is 23.6. The van der Waals surface area contributed by atoms with Crippen molar-refractivity contribution in [3.63, 3.8) is 0 Å². The molecule has 6 aromatic carbocycles. The Balaban J connectivity index is 1.50. The standard InChI is InChI=1S/C42H28Br2N4/c43-36-24-14-13-23-34(36)42(47-39(31-19-9-3-10-20-31)40(48-42)32-21-11-4-12-22-32)41(45-28-38(46-41)30-17-7-2-8-18-30)35-27-33(25-26-37(35)44)29-15-5-1-6-16-29/h1-28H. The summed E-state index contributed by atoms with van der Waals surface area (Å²) in [6.07, 6.45) is 1.88. The predicted molar refractivity (Wildman–Crippen MR) is 205 cm³/mol. The maximum absolute atomic E-state index is 5.72. The molecule has 0 aliphatic carbocycles. The molecule has 0 radical (unpaired) electrons. The van der Waals surface area contributed by atoms with E-state index in [-0.39, 0.29) is 0 Å². The minimum absolute atomic E-state index is 0.763. The molecule has 0 fully saturated rings. The van der Waals surface area contributed by atoms with Gasteiger partial charge in [0.15, 0.2) is 0 Å². The SMILES string of the molecule is Brc1ccc(-c2ccccc2)cc1C1(C2(c3ccccc3Br)N=C(c3ccccc3)C(c3ccccc3)=N2)N=CC(c2ccccc2)=N1. The smallest absolute Gasteiger partial charge is 0.227 e. The van der Waals surface area contributed by atoms with Crippen LogP contribution in [0.25, 0.3) is 11.1 Å². The van der Waals surface area contributed by atoms with Crippen LogP contribution in [0.2, 0.25) is 0 Å². The molecule has 1 atom stereocenters. The van der Waals surface area contributed by atoms with Gasteiger partial charge in [0.05, 0.1) is 23.3 Å². The van der Waals surface area contributed by atoms with E-state index in [1.165, 1.54) is 0 Å². The molecule has 0 saturated heterocycles. The molecule has 4 nitrogen and oxygen atoms in total. The van der Waals surface area contributed by atoms with Crippen LogP contribution in [0.3, 0.4) is 0 Å². The maximum Gasteiger partial charge on any atom is 0.227 e. The van der Waals surface area contributed by atoms with E-state index in [2.05, 4.69) is 117 Å². The summed E-state index contributed by atoms with van der Waals surface area (Å²) in [6.45, 7) is 0. The van der Waals surface area contributed by atoms with Gasteiger partial charge >= 0.3 is 0 Å². The van der Waals surface area contributed by atoms with Crippen molar-refractivity contribution in [3.8, 4) is 11.1 Å². The molecule has 48 heavy (non-hydrogen) atoms. The molecule has 2 heterocycles. The van der Waals surface area contributed by atoms with Crippen molar-refractivity contribution in [1.82, 2.24) is 0 Å². The van der Waals surface area contributed by atoms with E-state index in [0.717, 1.165) is 65.0 Å². The first-order valence-corrected chi connectivity index (χ1v) is 17.3. The summed E-state index contributed by atoms with van der Waals surface area (Å²) in [5, 5.41) is 0. The number of benzene rings is 6. The third kappa shape index (κ3) is 5.13. The molecular formula is C42H28Br2N4. The third-order valence-electron chi connectivity index (χ3n) is 8.78. The van der Waals surface area contributed by atoms with Gasteiger partial charge in [-0.25, -0.2) is 15.0 Å². The minimum atomic E-state index is -1.34. The predicted octanol–water partition coefficient (Wildman–Crippen LogP) is 10.5. The zero-order valence-corrected chi connectivity index (χ0v) is 28.9. The number of halogens is 2. The second kappa shape index (κ2) is 12.5. The molecule has 2 aliphatic rings. The van der Waals surface area contributed by atoms with Crippen LogP contribution in [0, 0.1) is 0 Å². The highest BCUT2D eigenvalue weighted by Gasteiger charge is 2.60. The molecule has 2 aliphatic heterocycles. The summed E-state index contributed by atoms with van der Waals surface area (Å²) in [7, 11) is 0. The van der Waals surface area contributed by atoms with E-state index in [4.69, 9.17) is 20.0 Å². The summed E-state index contributed by atoms with van der Waals surface area (Å²) in [4.78, 5) is 22.5. The van der Waals surface area contributed by atoms with Gasteiger partial charge in [-0.15, -0.1) is 0 Å². The average Bonchev–Trinajstić information content (AvgIpc) is 3.79. The molecule has 0 N–H and O–H groups in total. The average molecular weight is 749 g/mol. The highest BCUT2D eigenvalue weighted by Crippen LogP contribution is 2.56. The van der Waals surface area contributed by atoms with Crippen molar-refractivity contribution in [3.05, 3.63) is 201 Å². The molecule has 0 saturated carbocycles.